The Labute approximate surface area is 107 Å². The molecule has 0 saturated heterocycles. The minimum Gasteiger partial charge on any atom is -0.479 e. The number of benzene rings is 1. The van der Waals surface area contributed by atoms with Gasteiger partial charge in [0, 0.05) is 5.56 Å². The van der Waals surface area contributed by atoms with Crippen LogP contribution in [0.5, 0.6) is 0 Å². The van der Waals surface area contributed by atoms with E-state index in [9.17, 15) is 9.90 Å². The van der Waals surface area contributed by atoms with Crippen LogP contribution in [0.25, 0.3) is 0 Å². The Bertz CT molecular complexity index is 613. The third-order valence-corrected chi connectivity index (χ3v) is 4.05. The SMILES string of the molecule is CC1=Nc2ccccc2C2(C(=O)O)SC(N)=NN12. The van der Waals surface area contributed by atoms with Crippen molar-refractivity contribution < 1.29 is 9.90 Å². The number of aliphatic imine (C=N–C) groups is 1. The van der Waals surface area contributed by atoms with Gasteiger partial charge in [0.05, 0.1) is 5.69 Å². The highest BCUT2D eigenvalue weighted by Gasteiger charge is 2.55. The topological polar surface area (TPSA) is 91.3 Å². The number of aliphatic carboxylic acids is 1. The molecule has 0 radical (unpaired) electrons. The van der Waals surface area contributed by atoms with Crippen LogP contribution in [-0.4, -0.2) is 27.1 Å². The molecule has 2 aliphatic rings. The largest absolute Gasteiger partial charge is 0.479 e. The molecular weight excluding hydrogens is 252 g/mol. The predicted molar refractivity (Wildman–Crippen MR) is 69.6 cm³/mol. The van der Waals surface area contributed by atoms with E-state index in [1.54, 1.807) is 25.1 Å². The number of hydrazone groups is 1. The predicted octanol–water partition coefficient (Wildman–Crippen LogP) is 1.27. The smallest absolute Gasteiger partial charge is 0.347 e. The number of hydrogen-bond acceptors (Lipinski definition) is 6. The van der Waals surface area contributed by atoms with E-state index in [0.717, 1.165) is 11.8 Å². The Morgan fingerprint density at radius 3 is 2.94 bits per heavy atom. The van der Waals surface area contributed by atoms with Gasteiger partial charge in [0.25, 0.3) is 0 Å². The number of nitrogens with two attached hydrogens (primary N) is 1. The lowest BCUT2D eigenvalue weighted by Crippen LogP contribution is -2.48. The first-order chi connectivity index (χ1) is 8.55. The standard InChI is InChI=1S/C11H10N4O2S/c1-6-13-8-5-3-2-4-7(8)11(9(16)17)15(6)14-10(12)18-11/h2-5H,1H3,(H2,12,14)(H,16,17). The average molecular weight is 262 g/mol. The van der Waals surface area contributed by atoms with Crippen molar-refractivity contribution in [3.63, 3.8) is 0 Å². The second-order valence-electron chi connectivity index (χ2n) is 3.98. The van der Waals surface area contributed by atoms with Crippen LogP contribution in [0.2, 0.25) is 0 Å². The molecule has 0 fully saturated rings. The molecule has 0 amide bonds. The van der Waals surface area contributed by atoms with Gasteiger partial charge in [0.1, 0.15) is 5.84 Å². The van der Waals surface area contributed by atoms with Crippen LogP contribution in [0, 0.1) is 0 Å². The fraction of sp³-hybridized carbons (Fsp3) is 0.182. The Kier molecular flexibility index (Phi) is 2.15. The van der Waals surface area contributed by atoms with E-state index in [1.807, 2.05) is 6.07 Å². The third-order valence-electron chi connectivity index (χ3n) is 2.90. The maximum absolute atomic E-state index is 11.8. The molecule has 0 bridgehead atoms. The number of carboxylic acids is 1. The summed E-state index contributed by atoms with van der Waals surface area (Å²) < 4.78 is 0. The lowest BCUT2D eigenvalue weighted by molar-refractivity contribution is -0.143. The van der Waals surface area contributed by atoms with Gasteiger partial charge in [-0.05, 0) is 24.8 Å². The molecule has 92 valence electrons. The molecule has 0 aliphatic carbocycles. The first kappa shape index (κ1) is 11.1. The fourth-order valence-corrected chi connectivity index (χ4v) is 3.24. The summed E-state index contributed by atoms with van der Waals surface area (Å²) in [4.78, 5) is 14.8. The van der Waals surface area contributed by atoms with Gasteiger partial charge >= 0.3 is 5.97 Å². The number of hydrogen-bond donors (Lipinski definition) is 2. The molecule has 1 aromatic rings. The Morgan fingerprint density at radius 1 is 1.50 bits per heavy atom. The van der Waals surface area contributed by atoms with Crippen LogP contribution >= 0.6 is 11.8 Å². The number of amidine groups is 2. The van der Waals surface area contributed by atoms with Crippen molar-refractivity contribution in [3.8, 4) is 0 Å². The van der Waals surface area contributed by atoms with Crippen LogP contribution in [0.4, 0.5) is 5.69 Å². The Balaban J connectivity index is 2.31. The van der Waals surface area contributed by atoms with E-state index in [0.29, 0.717) is 17.1 Å². The van der Waals surface area contributed by atoms with Gasteiger partial charge in [0.2, 0.25) is 4.87 Å². The van der Waals surface area contributed by atoms with Crippen molar-refractivity contribution in [3.05, 3.63) is 29.8 Å². The van der Waals surface area contributed by atoms with E-state index in [4.69, 9.17) is 5.73 Å². The normalized spacial score (nSPS) is 25.1. The van der Waals surface area contributed by atoms with E-state index in [2.05, 4.69) is 10.1 Å². The molecule has 18 heavy (non-hydrogen) atoms. The van der Waals surface area contributed by atoms with Crippen molar-refractivity contribution in [2.24, 2.45) is 15.8 Å². The fourth-order valence-electron chi connectivity index (χ4n) is 2.18. The molecule has 0 spiro atoms. The van der Waals surface area contributed by atoms with Gasteiger partial charge in [-0.1, -0.05) is 18.2 Å². The second kappa shape index (κ2) is 3.49. The molecule has 7 heteroatoms. The molecule has 2 heterocycles. The summed E-state index contributed by atoms with van der Waals surface area (Å²) in [6, 6.07) is 7.14. The van der Waals surface area contributed by atoms with Gasteiger partial charge in [-0.3, -0.25) is 0 Å². The summed E-state index contributed by atoms with van der Waals surface area (Å²) in [5.41, 5.74) is 6.93. The summed E-state index contributed by atoms with van der Waals surface area (Å²) >= 11 is 1.02. The lowest BCUT2D eigenvalue weighted by Gasteiger charge is -2.36. The summed E-state index contributed by atoms with van der Waals surface area (Å²) in [5, 5.41) is 15.3. The zero-order valence-electron chi connectivity index (χ0n) is 9.49. The quantitative estimate of drug-likeness (QED) is 0.795. The number of carbonyl (C=O) groups is 1. The molecule has 0 aromatic heterocycles. The minimum atomic E-state index is -1.33. The number of carboxylic acid groups (broad SMARTS) is 1. The number of thioether (sulfide) groups is 1. The summed E-state index contributed by atoms with van der Waals surface area (Å²) in [6.07, 6.45) is 0. The van der Waals surface area contributed by atoms with E-state index in [-0.39, 0.29) is 5.17 Å². The maximum atomic E-state index is 11.8. The molecule has 6 nitrogen and oxygen atoms in total. The summed E-state index contributed by atoms with van der Waals surface area (Å²) in [7, 11) is 0. The van der Waals surface area contributed by atoms with E-state index < -0.39 is 10.8 Å². The van der Waals surface area contributed by atoms with E-state index >= 15 is 0 Å². The molecule has 3 N–H and O–H groups in total. The number of nitrogens with zero attached hydrogens (tertiary/aromatic N) is 3. The Hall–Kier alpha value is -2.02. The highest BCUT2D eigenvalue weighted by atomic mass is 32.2. The van der Waals surface area contributed by atoms with Crippen LogP contribution in [0.15, 0.2) is 34.4 Å². The van der Waals surface area contributed by atoms with E-state index in [1.165, 1.54) is 5.01 Å². The molecular formula is C11H10N4O2S. The number of para-hydroxylation sites is 1. The molecule has 1 unspecified atom stereocenters. The second-order valence-corrected chi connectivity index (χ2v) is 5.19. The Morgan fingerprint density at radius 2 is 2.22 bits per heavy atom. The van der Waals surface area contributed by atoms with Crippen molar-refractivity contribution in [2.45, 2.75) is 11.8 Å². The van der Waals surface area contributed by atoms with Gasteiger partial charge < -0.3 is 10.8 Å². The third kappa shape index (κ3) is 1.22. The monoisotopic (exact) mass is 262 g/mol. The molecule has 2 aliphatic heterocycles. The van der Waals surface area contributed by atoms with Gasteiger partial charge in [-0.15, -0.1) is 5.10 Å². The van der Waals surface area contributed by atoms with Gasteiger partial charge in [-0.25, -0.2) is 14.8 Å². The van der Waals surface area contributed by atoms with Crippen LogP contribution in [0.1, 0.15) is 12.5 Å². The highest BCUT2D eigenvalue weighted by molar-refractivity contribution is 8.15. The van der Waals surface area contributed by atoms with Crippen molar-refractivity contribution >= 4 is 34.4 Å². The first-order valence-electron chi connectivity index (χ1n) is 5.27. The maximum Gasteiger partial charge on any atom is 0.347 e. The summed E-state index contributed by atoms with van der Waals surface area (Å²) in [5.74, 6) is -0.484. The summed E-state index contributed by atoms with van der Waals surface area (Å²) in [6.45, 7) is 1.72. The van der Waals surface area contributed by atoms with Crippen molar-refractivity contribution in [1.29, 1.82) is 0 Å². The number of fused-ring (bicyclic) bond motifs is 3. The molecule has 1 atom stereocenters. The van der Waals surface area contributed by atoms with Crippen molar-refractivity contribution in [1.82, 2.24) is 5.01 Å². The zero-order valence-corrected chi connectivity index (χ0v) is 10.3. The zero-order chi connectivity index (χ0) is 12.9. The van der Waals surface area contributed by atoms with Crippen LogP contribution < -0.4 is 5.73 Å². The highest BCUT2D eigenvalue weighted by Crippen LogP contribution is 2.50. The first-order valence-corrected chi connectivity index (χ1v) is 6.09. The minimum absolute atomic E-state index is 0.226. The number of rotatable bonds is 1. The molecule has 0 saturated carbocycles. The molecule has 1 aromatic carbocycles. The van der Waals surface area contributed by atoms with Crippen LogP contribution in [0.3, 0.4) is 0 Å². The average Bonchev–Trinajstić information content (AvgIpc) is 2.69. The molecule has 3 rings (SSSR count). The van der Waals surface area contributed by atoms with Gasteiger partial charge in [0.15, 0.2) is 5.17 Å². The lowest BCUT2D eigenvalue weighted by atomic mass is 10.0. The van der Waals surface area contributed by atoms with Crippen LogP contribution in [-0.2, 0) is 9.67 Å². The van der Waals surface area contributed by atoms with Gasteiger partial charge in [-0.2, -0.15) is 0 Å². The van der Waals surface area contributed by atoms with Crippen molar-refractivity contribution in [2.75, 3.05) is 0 Å².